The Labute approximate surface area is 233 Å². The van der Waals surface area contributed by atoms with Crippen molar-refractivity contribution in [2.45, 2.75) is 38.0 Å². The molecule has 3 fully saturated rings. The fraction of sp³-hybridized carbons (Fsp3) is 0.400. The van der Waals surface area contributed by atoms with E-state index in [0.717, 1.165) is 86.0 Å². The van der Waals surface area contributed by atoms with Gasteiger partial charge in [0.15, 0.2) is 0 Å². The largest absolute Gasteiger partial charge is 0.508 e. The number of para-hydroxylation sites is 1. The lowest BCUT2D eigenvalue weighted by Crippen LogP contribution is -2.39. The van der Waals surface area contributed by atoms with Crippen LogP contribution in [-0.2, 0) is 17.8 Å². The number of aromatic hydroxyl groups is 1. The molecule has 10 heteroatoms. The van der Waals surface area contributed by atoms with Crippen LogP contribution in [0.4, 0.5) is 10.7 Å². The zero-order valence-electron chi connectivity index (χ0n) is 22.5. The van der Waals surface area contributed by atoms with Crippen molar-refractivity contribution in [1.29, 1.82) is 0 Å². The number of nitrogens with one attached hydrogen (secondary N) is 2. The summed E-state index contributed by atoms with van der Waals surface area (Å²) in [5, 5.41) is 17.1. The zero-order valence-corrected chi connectivity index (χ0v) is 22.5. The Balaban J connectivity index is 1.13. The van der Waals surface area contributed by atoms with Crippen molar-refractivity contribution in [3.8, 4) is 5.75 Å². The second kappa shape index (κ2) is 10.5. The summed E-state index contributed by atoms with van der Waals surface area (Å²) in [6, 6.07) is 14.2. The van der Waals surface area contributed by atoms with Crippen LogP contribution >= 0.6 is 0 Å². The summed E-state index contributed by atoms with van der Waals surface area (Å²) in [4.78, 5) is 23.9. The zero-order chi connectivity index (χ0) is 27.1. The summed E-state index contributed by atoms with van der Waals surface area (Å²) in [6.07, 6.45) is 8.42. The van der Waals surface area contributed by atoms with E-state index in [-0.39, 0.29) is 17.8 Å². The number of rotatable bonds is 9. The normalized spacial score (nSPS) is 21.1. The summed E-state index contributed by atoms with van der Waals surface area (Å²) in [7, 11) is 0. The molecule has 2 amide bonds. The highest BCUT2D eigenvalue weighted by molar-refractivity contribution is 5.82. The van der Waals surface area contributed by atoms with E-state index in [1.54, 1.807) is 6.07 Å². The van der Waals surface area contributed by atoms with Crippen LogP contribution in [0.3, 0.4) is 0 Å². The molecule has 0 bridgehead atoms. The van der Waals surface area contributed by atoms with Gasteiger partial charge in [-0.2, -0.15) is 0 Å². The third kappa shape index (κ3) is 5.00. The predicted octanol–water partition coefficient (Wildman–Crippen LogP) is 3.26. The molecule has 3 N–H and O–H groups in total. The molecule has 1 aromatic heterocycles. The van der Waals surface area contributed by atoms with E-state index in [1.165, 1.54) is 0 Å². The van der Waals surface area contributed by atoms with Crippen LogP contribution in [0.5, 0.6) is 5.75 Å². The lowest BCUT2D eigenvalue weighted by Gasteiger charge is -2.26. The van der Waals surface area contributed by atoms with E-state index >= 15 is 0 Å². The number of morpholine rings is 1. The van der Waals surface area contributed by atoms with Crippen molar-refractivity contribution in [2.24, 2.45) is 0 Å². The quantitative estimate of drug-likeness (QED) is 0.383. The fourth-order valence-corrected chi connectivity index (χ4v) is 5.84. The Kier molecular flexibility index (Phi) is 6.57. The summed E-state index contributed by atoms with van der Waals surface area (Å²) >= 11 is 0. The topological polar surface area (TPSA) is 98.1 Å². The number of imidazole rings is 1. The van der Waals surface area contributed by atoms with Gasteiger partial charge in [-0.3, -0.25) is 4.90 Å². The Morgan fingerprint density at radius 2 is 1.95 bits per heavy atom. The summed E-state index contributed by atoms with van der Waals surface area (Å²) in [5.41, 5.74) is 4.83. The van der Waals surface area contributed by atoms with Crippen LogP contribution in [0, 0.1) is 0 Å². The number of carbonyl (C=O) groups excluding carboxylic acids is 1. The number of benzene rings is 2. The van der Waals surface area contributed by atoms with Crippen molar-refractivity contribution in [3.63, 3.8) is 0 Å². The minimum Gasteiger partial charge on any atom is -0.508 e. The molecule has 10 nitrogen and oxygen atoms in total. The van der Waals surface area contributed by atoms with E-state index in [1.807, 2.05) is 29.3 Å². The maximum atomic E-state index is 12.5. The van der Waals surface area contributed by atoms with Crippen molar-refractivity contribution in [1.82, 2.24) is 29.6 Å². The molecule has 0 radical (unpaired) electrons. The molecule has 1 aliphatic carbocycles. The van der Waals surface area contributed by atoms with Crippen LogP contribution in [0.1, 0.15) is 24.0 Å². The molecule has 1 unspecified atom stereocenters. The predicted molar refractivity (Wildman–Crippen MR) is 153 cm³/mol. The van der Waals surface area contributed by atoms with E-state index in [9.17, 15) is 9.90 Å². The van der Waals surface area contributed by atoms with Crippen molar-refractivity contribution < 1.29 is 14.6 Å². The number of urea groups is 1. The highest BCUT2D eigenvalue weighted by Gasteiger charge is 2.43. The van der Waals surface area contributed by atoms with Gasteiger partial charge in [0.1, 0.15) is 5.75 Å². The molecule has 0 spiro atoms. The van der Waals surface area contributed by atoms with Crippen molar-refractivity contribution >= 4 is 23.0 Å². The molecule has 1 saturated carbocycles. The van der Waals surface area contributed by atoms with Crippen LogP contribution in [0.2, 0.25) is 0 Å². The smallest absolute Gasteiger partial charge is 0.322 e. The van der Waals surface area contributed by atoms with Gasteiger partial charge in [0.2, 0.25) is 5.95 Å². The average molecular weight is 542 g/mol. The molecule has 7 rings (SSSR count). The number of ether oxygens (including phenoxy) is 1. The molecule has 4 heterocycles. The standard InChI is InChI=1S/C30H35N7O3/c38-28-4-2-1-3-22(28)19-36-27-17-21(5-8-24(27)32-29(36)31-10-12-34-13-15-40-16-14-34)18-35-11-9-26-25(20-35)33-30(39)37(26)23-6-7-23/h1-5,8-9,11,17,20,23,26,38H,6-7,10,12-16,18-19H2,(H,31,32)(H,33,39). The third-order valence-corrected chi connectivity index (χ3v) is 8.12. The van der Waals surface area contributed by atoms with Crippen LogP contribution in [0.25, 0.3) is 11.0 Å². The lowest BCUT2D eigenvalue weighted by molar-refractivity contribution is 0.0398. The monoisotopic (exact) mass is 541 g/mol. The molecule has 1 atom stereocenters. The molecular weight excluding hydrogens is 506 g/mol. The third-order valence-electron chi connectivity index (χ3n) is 8.12. The van der Waals surface area contributed by atoms with Crippen molar-refractivity contribution in [3.05, 3.63) is 77.8 Å². The number of nitrogens with zero attached hydrogens (tertiary/aromatic N) is 5. The molecule has 3 aromatic rings. The molecule has 40 heavy (non-hydrogen) atoms. The number of hydrogen-bond acceptors (Lipinski definition) is 7. The maximum Gasteiger partial charge on any atom is 0.322 e. The molecule has 4 aliphatic rings. The number of anilines is 1. The van der Waals surface area contributed by atoms with E-state index < -0.39 is 0 Å². The summed E-state index contributed by atoms with van der Waals surface area (Å²) in [5.74, 6) is 1.07. The average Bonchev–Trinajstić information content (AvgIpc) is 3.67. The van der Waals surface area contributed by atoms with Gasteiger partial charge < -0.3 is 34.8 Å². The first kappa shape index (κ1) is 25.0. The first-order valence-electron chi connectivity index (χ1n) is 14.2. The number of phenolic OH excluding ortho intramolecular Hbond substituents is 1. The van der Waals surface area contributed by atoms with Gasteiger partial charge in [0.25, 0.3) is 0 Å². The van der Waals surface area contributed by atoms with Crippen molar-refractivity contribution in [2.75, 3.05) is 44.7 Å². The SMILES string of the molecule is O=C1NC2=CN(Cc3ccc4nc(NCCN5CCOCC5)n(Cc5ccccc5O)c4c3)C=CC2N1C1CC1. The second-order valence-electron chi connectivity index (χ2n) is 11.0. The maximum absolute atomic E-state index is 12.5. The first-order chi connectivity index (χ1) is 19.6. The number of amides is 2. The fourth-order valence-electron chi connectivity index (χ4n) is 5.84. The second-order valence-corrected chi connectivity index (χ2v) is 11.0. The Morgan fingerprint density at radius 3 is 2.77 bits per heavy atom. The Bertz CT molecular complexity index is 1470. The van der Waals surface area contributed by atoms with Gasteiger partial charge in [0.05, 0.1) is 42.5 Å². The van der Waals surface area contributed by atoms with Gasteiger partial charge in [-0.15, -0.1) is 0 Å². The summed E-state index contributed by atoms with van der Waals surface area (Å²) < 4.78 is 7.63. The highest BCUT2D eigenvalue weighted by Crippen LogP contribution is 2.35. The van der Waals surface area contributed by atoms with Crippen LogP contribution in [0.15, 0.2) is 66.6 Å². The molecule has 208 valence electrons. The molecule has 2 saturated heterocycles. The van der Waals surface area contributed by atoms with Gasteiger partial charge >= 0.3 is 6.03 Å². The Hall–Kier alpha value is -4.02. The van der Waals surface area contributed by atoms with E-state index in [4.69, 9.17) is 9.72 Å². The minimum atomic E-state index is 0.00776. The Morgan fingerprint density at radius 1 is 1.10 bits per heavy atom. The van der Waals surface area contributed by atoms with Crippen LogP contribution < -0.4 is 10.6 Å². The van der Waals surface area contributed by atoms with Gasteiger partial charge in [-0.05, 0) is 42.7 Å². The van der Waals surface area contributed by atoms with Crippen LogP contribution in [-0.4, -0.2) is 86.9 Å². The number of aromatic nitrogens is 2. The number of phenols is 1. The number of fused-ring (bicyclic) bond motifs is 2. The molecular formula is C30H35N7O3. The minimum absolute atomic E-state index is 0.00776. The first-order valence-corrected chi connectivity index (χ1v) is 14.2. The van der Waals surface area contributed by atoms with Gasteiger partial charge in [-0.1, -0.05) is 24.3 Å². The number of carbonyl (C=O) groups is 1. The highest BCUT2D eigenvalue weighted by atomic mass is 16.5. The lowest BCUT2D eigenvalue weighted by atomic mass is 10.1. The van der Waals surface area contributed by atoms with E-state index in [2.05, 4.69) is 55.5 Å². The van der Waals surface area contributed by atoms with Gasteiger partial charge in [-0.25, -0.2) is 9.78 Å². The number of hydrogen-bond donors (Lipinski definition) is 3. The van der Waals surface area contributed by atoms with E-state index in [0.29, 0.717) is 19.1 Å². The molecule has 2 aromatic carbocycles. The summed E-state index contributed by atoms with van der Waals surface area (Å²) in [6.45, 7) is 6.32. The van der Waals surface area contributed by atoms with Gasteiger partial charge in [0, 0.05) is 56.7 Å². The molecule has 3 aliphatic heterocycles.